The van der Waals surface area contributed by atoms with Crippen molar-refractivity contribution in [3.05, 3.63) is 62.6 Å². The second-order valence-corrected chi connectivity index (χ2v) is 18.1. The fourth-order valence-electron chi connectivity index (χ4n) is 4.34. The van der Waals surface area contributed by atoms with Gasteiger partial charge in [0.15, 0.2) is 8.32 Å². The van der Waals surface area contributed by atoms with Crippen molar-refractivity contribution in [3.8, 4) is 11.4 Å². The van der Waals surface area contributed by atoms with Crippen molar-refractivity contribution < 1.29 is 14.0 Å². The molecule has 2 aromatic heterocycles. The molecule has 11 heteroatoms. The molecule has 7 nitrogen and oxygen atoms in total. The third kappa shape index (κ3) is 5.79. The Hall–Kier alpha value is -2.30. The molecule has 0 unspecified atom stereocenters. The van der Waals surface area contributed by atoms with Crippen LogP contribution in [-0.4, -0.2) is 53.6 Å². The number of benzene rings is 1. The highest BCUT2D eigenvalue weighted by molar-refractivity contribution is 7.08. The fourth-order valence-corrected chi connectivity index (χ4v) is 7.01. The third-order valence-electron chi connectivity index (χ3n) is 7.76. The van der Waals surface area contributed by atoms with Crippen molar-refractivity contribution >= 4 is 60.6 Å². The molecule has 0 bridgehead atoms. The lowest BCUT2D eigenvalue weighted by Gasteiger charge is -2.46. The molecule has 0 spiro atoms. The maximum absolute atomic E-state index is 13.3. The summed E-state index contributed by atoms with van der Waals surface area (Å²) in [4.78, 5) is 33.1. The third-order valence-corrected chi connectivity index (χ3v) is 13.8. The van der Waals surface area contributed by atoms with Crippen LogP contribution in [0.2, 0.25) is 28.2 Å². The Morgan fingerprint density at radius 1 is 1.10 bits per heavy atom. The highest BCUT2D eigenvalue weighted by Crippen LogP contribution is 2.48. The lowest BCUT2D eigenvalue weighted by molar-refractivity contribution is 0.0118. The zero-order valence-electron chi connectivity index (χ0n) is 22.7. The van der Waals surface area contributed by atoms with Crippen molar-refractivity contribution in [3.63, 3.8) is 0 Å². The smallest absolute Gasteiger partial charge is 0.267 e. The van der Waals surface area contributed by atoms with E-state index in [0.717, 1.165) is 29.9 Å². The molecule has 1 aliphatic carbocycles. The van der Waals surface area contributed by atoms with E-state index in [0.29, 0.717) is 50.7 Å². The van der Waals surface area contributed by atoms with Crippen LogP contribution in [0.5, 0.6) is 0 Å². The first-order valence-electron chi connectivity index (χ1n) is 13.0. The number of nitrogens with zero attached hydrogens (tertiary/aromatic N) is 3. The zero-order valence-corrected chi connectivity index (χ0v) is 26.0. The maximum atomic E-state index is 13.3. The maximum Gasteiger partial charge on any atom is 0.267 e. The first-order chi connectivity index (χ1) is 18.4. The molecule has 1 aliphatic heterocycles. The van der Waals surface area contributed by atoms with Crippen LogP contribution in [0.4, 0.5) is 5.69 Å². The molecule has 3 aromatic rings. The van der Waals surface area contributed by atoms with Gasteiger partial charge in [-0.3, -0.25) is 14.6 Å². The number of nitrogens with one attached hydrogen (secondary N) is 1. The van der Waals surface area contributed by atoms with Crippen molar-refractivity contribution in [1.82, 2.24) is 14.3 Å². The molecular formula is C28H32Cl2N4O3SSi. The van der Waals surface area contributed by atoms with Crippen LogP contribution < -0.4 is 5.32 Å². The van der Waals surface area contributed by atoms with E-state index >= 15 is 0 Å². The fraction of sp³-hybridized carbons (Fsp3) is 0.429. The number of hydrogen-bond donors (Lipinski definition) is 1. The molecule has 5 rings (SSSR count). The van der Waals surface area contributed by atoms with Gasteiger partial charge in [-0.1, -0.05) is 44.0 Å². The molecule has 39 heavy (non-hydrogen) atoms. The molecule has 0 radical (unpaired) electrons. The van der Waals surface area contributed by atoms with Crippen molar-refractivity contribution in [2.24, 2.45) is 0 Å². The Bertz CT molecular complexity index is 1430. The number of aromatic nitrogens is 2. The summed E-state index contributed by atoms with van der Waals surface area (Å²) < 4.78 is 11.0. The van der Waals surface area contributed by atoms with E-state index < -0.39 is 8.32 Å². The van der Waals surface area contributed by atoms with Gasteiger partial charge in [-0.15, -0.1) is 0 Å². The Morgan fingerprint density at radius 3 is 2.44 bits per heavy atom. The number of carbonyl (C=O) groups is 2. The largest absolute Gasteiger partial charge is 0.410 e. The van der Waals surface area contributed by atoms with Gasteiger partial charge in [-0.25, -0.2) is 0 Å². The van der Waals surface area contributed by atoms with Crippen LogP contribution in [0.25, 0.3) is 11.4 Å². The van der Waals surface area contributed by atoms with Crippen LogP contribution in [0.15, 0.2) is 36.5 Å². The number of carbonyl (C=O) groups excluding carboxylic acids is 2. The number of anilines is 1. The van der Waals surface area contributed by atoms with E-state index in [1.807, 2.05) is 0 Å². The quantitative estimate of drug-likeness (QED) is 0.283. The van der Waals surface area contributed by atoms with Crippen LogP contribution in [0.1, 0.15) is 65.1 Å². The number of amides is 2. The highest BCUT2D eigenvalue weighted by atomic mass is 35.5. The summed E-state index contributed by atoms with van der Waals surface area (Å²) in [6, 6.07) is 8.52. The van der Waals surface area contributed by atoms with E-state index in [-0.39, 0.29) is 28.9 Å². The minimum Gasteiger partial charge on any atom is -0.410 e. The predicted octanol–water partition coefficient (Wildman–Crippen LogP) is 7.49. The number of pyridine rings is 1. The molecule has 1 saturated heterocycles. The molecule has 0 atom stereocenters. The van der Waals surface area contributed by atoms with Crippen molar-refractivity contribution in [2.75, 3.05) is 18.4 Å². The van der Waals surface area contributed by atoms with Gasteiger partial charge in [0.25, 0.3) is 11.8 Å². The number of likely N-dealkylation sites (tertiary alicyclic amines) is 1. The average Bonchev–Trinajstić information content (AvgIpc) is 3.58. The molecule has 3 heterocycles. The van der Waals surface area contributed by atoms with E-state index in [1.54, 1.807) is 41.4 Å². The number of halogens is 2. The van der Waals surface area contributed by atoms with Gasteiger partial charge in [0.2, 0.25) is 0 Å². The summed E-state index contributed by atoms with van der Waals surface area (Å²) >= 11 is 14.0. The van der Waals surface area contributed by atoms with Gasteiger partial charge in [0, 0.05) is 30.5 Å². The van der Waals surface area contributed by atoms with Gasteiger partial charge in [-0.2, -0.15) is 4.37 Å². The van der Waals surface area contributed by atoms with Gasteiger partial charge in [-0.05, 0) is 78.8 Å². The molecule has 1 aromatic carbocycles. The Balaban J connectivity index is 1.26. The van der Waals surface area contributed by atoms with Crippen LogP contribution in [0.3, 0.4) is 0 Å². The predicted molar refractivity (Wildman–Crippen MR) is 160 cm³/mol. The van der Waals surface area contributed by atoms with Gasteiger partial charge in [0.1, 0.15) is 16.3 Å². The summed E-state index contributed by atoms with van der Waals surface area (Å²) in [5, 5.41) is 3.84. The second-order valence-electron chi connectivity index (χ2n) is 11.7. The monoisotopic (exact) mass is 602 g/mol. The second kappa shape index (κ2) is 10.6. The molecule has 206 valence electrons. The molecular weight excluding hydrogens is 571 g/mol. The lowest BCUT2D eigenvalue weighted by Crippen LogP contribution is -2.59. The Morgan fingerprint density at radius 2 is 1.82 bits per heavy atom. The van der Waals surface area contributed by atoms with Gasteiger partial charge >= 0.3 is 0 Å². The van der Waals surface area contributed by atoms with Crippen LogP contribution >= 0.6 is 34.7 Å². The van der Waals surface area contributed by atoms with E-state index in [2.05, 4.69) is 48.5 Å². The molecule has 2 aliphatic rings. The summed E-state index contributed by atoms with van der Waals surface area (Å²) in [7, 11) is -1.89. The lowest BCUT2D eigenvalue weighted by atomic mass is 10.1. The summed E-state index contributed by atoms with van der Waals surface area (Å²) in [6.07, 6.45) is 3.72. The molecule has 1 saturated carbocycles. The first kappa shape index (κ1) is 28.2. The normalized spacial score (nSPS) is 16.2. The van der Waals surface area contributed by atoms with Crippen molar-refractivity contribution in [1.29, 1.82) is 0 Å². The van der Waals surface area contributed by atoms with Gasteiger partial charge in [0.05, 0.1) is 21.7 Å². The first-order valence-corrected chi connectivity index (χ1v) is 17.5. The van der Waals surface area contributed by atoms with Crippen LogP contribution in [0, 0.1) is 0 Å². The standard InChI is InChI=1S/C28H32Cl2N4O3SSi/c1-28(2,3)39(4,5)37-18-14-34(15-18)27(36)19-11-10-17(13-21(19)30)32-26(35)25-22(16-8-9-16)24(33-38-25)23-20(29)7-6-12-31-23/h6-7,10-13,16,18H,8-9,14-15H2,1-5H3,(H,32,35). The highest BCUT2D eigenvalue weighted by Gasteiger charge is 2.43. The molecule has 1 N–H and O–H groups in total. The van der Waals surface area contributed by atoms with E-state index in [1.165, 1.54) is 0 Å². The van der Waals surface area contributed by atoms with E-state index in [9.17, 15) is 9.59 Å². The Kier molecular flexibility index (Phi) is 7.67. The summed E-state index contributed by atoms with van der Waals surface area (Å²) in [5.74, 6) is -0.137. The number of rotatable bonds is 7. The Labute approximate surface area is 244 Å². The van der Waals surface area contributed by atoms with Crippen LogP contribution in [-0.2, 0) is 4.43 Å². The molecule has 2 fully saturated rings. The van der Waals surface area contributed by atoms with Crippen molar-refractivity contribution in [2.45, 2.75) is 63.8 Å². The number of hydrogen-bond acceptors (Lipinski definition) is 6. The molecule has 2 amide bonds. The summed E-state index contributed by atoms with van der Waals surface area (Å²) in [5.41, 5.74) is 3.07. The van der Waals surface area contributed by atoms with E-state index in [4.69, 9.17) is 27.6 Å². The minimum absolute atomic E-state index is 0.0538. The average molecular weight is 604 g/mol. The topological polar surface area (TPSA) is 84.4 Å². The summed E-state index contributed by atoms with van der Waals surface area (Å²) in [6.45, 7) is 12.2. The SMILES string of the molecule is CC(C)(C)[Si](C)(C)OC1CN(C(=O)c2ccc(NC(=O)c3snc(-c4ncccc4Cl)c3C3CC3)cc2Cl)C1. The minimum atomic E-state index is -1.89. The zero-order chi connectivity index (χ0) is 28.1. The van der Waals surface area contributed by atoms with Gasteiger partial charge < -0.3 is 14.6 Å².